The van der Waals surface area contributed by atoms with E-state index < -0.39 is 11.7 Å². The molecular weight excluding hydrogens is 330 g/mol. The van der Waals surface area contributed by atoms with Gasteiger partial charge in [0.1, 0.15) is 0 Å². The predicted octanol–water partition coefficient (Wildman–Crippen LogP) is 2.69. The van der Waals surface area contributed by atoms with Gasteiger partial charge in [-0.05, 0) is 18.6 Å². The molecule has 0 unspecified atom stereocenters. The number of carbonyl (C=O) groups is 1. The minimum absolute atomic E-state index is 0.0471. The van der Waals surface area contributed by atoms with Crippen LogP contribution in [-0.4, -0.2) is 25.4 Å². The number of benzene rings is 1. The lowest BCUT2D eigenvalue weighted by molar-refractivity contribution is -0.136. The number of aliphatic carboxylic acids is 1. The second kappa shape index (κ2) is 5.34. The van der Waals surface area contributed by atoms with Gasteiger partial charge in [0.15, 0.2) is 10.5 Å². The SMILES string of the molecule is CCc1c(-c2ccc3[nH]c(=O)oc3c2)nc2scc(CC(=O)O)n12. The first-order chi connectivity index (χ1) is 11.6. The van der Waals surface area contributed by atoms with Crippen LogP contribution in [0.2, 0.25) is 0 Å². The Labute approximate surface area is 139 Å². The highest BCUT2D eigenvalue weighted by atomic mass is 32.1. The Morgan fingerprint density at radius 3 is 3.04 bits per heavy atom. The molecule has 2 N–H and O–H groups in total. The third-order valence-corrected chi connectivity index (χ3v) is 4.77. The third kappa shape index (κ3) is 2.23. The molecule has 122 valence electrons. The van der Waals surface area contributed by atoms with Crippen LogP contribution in [0.25, 0.3) is 27.3 Å². The van der Waals surface area contributed by atoms with Gasteiger partial charge < -0.3 is 9.52 Å². The van der Waals surface area contributed by atoms with Gasteiger partial charge in [0.25, 0.3) is 0 Å². The number of nitrogens with zero attached hydrogens (tertiary/aromatic N) is 2. The van der Waals surface area contributed by atoms with Crippen molar-refractivity contribution in [2.45, 2.75) is 19.8 Å². The van der Waals surface area contributed by atoms with Crippen LogP contribution in [0, 0.1) is 0 Å². The van der Waals surface area contributed by atoms with Gasteiger partial charge in [-0.3, -0.25) is 14.2 Å². The fourth-order valence-electron chi connectivity index (χ4n) is 2.91. The lowest BCUT2D eigenvalue weighted by atomic mass is 10.1. The number of rotatable bonds is 4. The highest BCUT2D eigenvalue weighted by molar-refractivity contribution is 7.15. The van der Waals surface area contributed by atoms with Gasteiger partial charge in [-0.1, -0.05) is 13.0 Å². The molecule has 3 aromatic heterocycles. The van der Waals surface area contributed by atoms with Crippen molar-refractivity contribution in [3.63, 3.8) is 0 Å². The van der Waals surface area contributed by atoms with Crippen LogP contribution in [-0.2, 0) is 17.6 Å². The number of H-pyrrole nitrogens is 1. The Bertz CT molecular complexity index is 1130. The Hall–Kier alpha value is -2.87. The zero-order chi connectivity index (χ0) is 16.8. The summed E-state index contributed by atoms with van der Waals surface area (Å²) in [4.78, 5) is 30.4. The van der Waals surface area contributed by atoms with Crippen molar-refractivity contribution in [2.24, 2.45) is 0 Å². The summed E-state index contributed by atoms with van der Waals surface area (Å²) in [5, 5.41) is 10.9. The molecule has 0 aliphatic carbocycles. The maximum atomic E-state index is 11.3. The van der Waals surface area contributed by atoms with E-state index in [9.17, 15) is 9.59 Å². The number of imidazole rings is 1. The Balaban J connectivity index is 1.92. The molecule has 1 aromatic carbocycles. The number of nitrogens with one attached hydrogen (secondary N) is 1. The predicted molar refractivity (Wildman–Crippen MR) is 89.6 cm³/mol. The first-order valence-electron chi connectivity index (χ1n) is 7.39. The van der Waals surface area contributed by atoms with Crippen molar-refractivity contribution in [2.75, 3.05) is 0 Å². The van der Waals surface area contributed by atoms with Crippen molar-refractivity contribution < 1.29 is 14.3 Å². The number of carboxylic acids is 1. The van der Waals surface area contributed by atoms with Crippen LogP contribution in [0.5, 0.6) is 0 Å². The molecule has 4 aromatic rings. The summed E-state index contributed by atoms with van der Waals surface area (Å²) in [6.07, 6.45) is 0.656. The molecule has 0 saturated carbocycles. The van der Waals surface area contributed by atoms with Gasteiger partial charge in [0.2, 0.25) is 0 Å². The van der Waals surface area contributed by atoms with Crippen molar-refractivity contribution in [3.05, 3.63) is 45.5 Å². The first kappa shape index (κ1) is 14.7. The fraction of sp³-hybridized carbons (Fsp3) is 0.188. The Morgan fingerprint density at radius 1 is 1.46 bits per heavy atom. The summed E-state index contributed by atoms with van der Waals surface area (Å²) < 4.78 is 7.02. The van der Waals surface area contributed by atoms with Crippen molar-refractivity contribution in [3.8, 4) is 11.3 Å². The highest BCUT2D eigenvalue weighted by Gasteiger charge is 2.18. The quantitative estimate of drug-likeness (QED) is 0.593. The summed E-state index contributed by atoms with van der Waals surface area (Å²) in [6.45, 7) is 2.00. The van der Waals surface area contributed by atoms with Crippen LogP contribution in [0.4, 0.5) is 0 Å². The van der Waals surface area contributed by atoms with E-state index in [0.29, 0.717) is 23.2 Å². The summed E-state index contributed by atoms with van der Waals surface area (Å²) in [7, 11) is 0. The largest absolute Gasteiger partial charge is 0.481 e. The zero-order valence-electron chi connectivity index (χ0n) is 12.7. The first-order valence-corrected chi connectivity index (χ1v) is 8.27. The number of hydrogen-bond donors (Lipinski definition) is 2. The van der Waals surface area contributed by atoms with Gasteiger partial charge in [0.05, 0.1) is 23.3 Å². The van der Waals surface area contributed by atoms with Crippen LogP contribution < -0.4 is 5.76 Å². The number of aromatic amines is 1. The minimum Gasteiger partial charge on any atom is -0.481 e. The second-order valence-electron chi connectivity index (χ2n) is 5.40. The van der Waals surface area contributed by atoms with Crippen molar-refractivity contribution in [1.29, 1.82) is 0 Å². The van der Waals surface area contributed by atoms with Crippen molar-refractivity contribution >= 4 is 33.4 Å². The smallest absolute Gasteiger partial charge is 0.417 e. The van der Waals surface area contributed by atoms with Gasteiger partial charge in [0, 0.05) is 16.6 Å². The lowest BCUT2D eigenvalue weighted by Crippen LogP contribution is -2.04. The van der Waals surface area contributed by atoms with E-state index in [0.717, 1.165) is 21.9 Å². The molecule has 0 aliphatic heterocycles. The topological polar surface area (TPSA) is 101 Å². The molecule has 3 heterocycles. The molecule has 0 aliphatic rings. The standard InChI is InChI=1S/C16H13N3O4S/c1-2-11-14(8-3-4-10-12(5-8)23-16(22)17-10)18-15-19(11)9(7-24-15)6-13(20)21/h3-5,7H,2,6H2,1H3,(H,17,22)(H,20,21). The van der Waals surface area contributed by atoms with Gasteiger partial charge >= 0.3 is 11.7 Å². The number of fused-ring (bicyclic) bond motifs is 2. The molecule has 8 heteroatoms. The molecule has 24 heavy (non-hydrogen) atoms. The molecule has 0 saturated heterocycles. The van der Waals surface area contributed by atoms with E-state index in [2.05, 4.69) is 9.97 Å². The van der Waals surface area contributed by atoms with E-state index in [-0.39, 0.29) is 6.42 Å². The average molecular weight is 343 g/mol. The average Bonchev–Trinajstić information content (AvgIpc) is 3.18. The Morgan fingerprint density at radius 2 is 2.29 bits per heavy atom. The third-order valence-electron chi connectivity index (χ3n) is 3.89. The number of aryl methyl sites for hydroxylation is 1. The fourth-order valence-corrected chi connectivity index (χ4v) is 3.81. The van der Waals surface area contributed by atoms with Gasteiger partial charge in [-0.15, -0.1) is 11.3 Å². The van der Waals surface area contributed by atoms with Crippen LogP contribution in [0.1, 0.15) is 18.3 Å². The number of carboxylic acid groups (broad SMARTS) is 1. The summed E-state index contributed by atoms with van der Waals surface area (Å²) in [6, 6.07) is 5.42. The van der Waals surface area contributed by atoms with Crippen LogP contribution in [0.15, 0.2) is 32.8 Å². The van der Waals surface area contributed by atoms with E-state index in [1.165, 1.54) is 11.3 Å². The highest BCUT2D eigenvalue weighted by Crippen LogP contribution is 2.30. The number of thiazole rings is 1. The summed E-state index contributed by atoms with van der Waals surface area (Å²) in [5.41, 5.74) is 4.38. The minimum atomic E-state index is -0.873. The zero-order valence-corrected chi connectivity index (χ0v) is 13.5. The van der Waals surface area contributed by atoms with E-state index >= 15 is 0 Å². The van der Waals surface area contributed by atoms with E-state index in [1.807, 2.05) is 22.8 Å². The lowest BCUT2D eigenvalue weighted by Gasteiger charge is -2.04. The number of aromatic nitrogens is 3. The molecule has 0 bridgehead atoms. The molecule has 7 nitrogen and oxygen atoms in total. The molecule has 4 rings (SSSR count). The second-order valence-corrected chi connectivity index (χ2v) is 6.24. The number of hydrogen-bond acceptors (Lipinski definition) is 5. The molecule has 0 fully saturated rings. The van der Waals surface area contributed by atoms with E-state index in [1.54, 1.807) is 12.1 Å². The molecule has 0 atom stereocenters. The summed E-state index contributed by atoms with van der Waals surface area (Å²) >= 11 is 1.42. The molecule has 0 amide bonds. The maximum absolute atomic E-state index is 11.3. The Kier molecular flexibility index (Phi) is 3.27. The molecule has 0 spiro atoms. The van der Waals surface area contributed by atoms with Crippen molar-refractivity contribution in [1.82, 2.24) is 14.4 Å². The monoisotopic (exact) mass is 343 g/mol. The summed E-state index contributed by atoms with van der Waals surface area (Å²) in [5.74, 6) is -1.37. The van der Waals surface area contributed by atoms with Crippen LogP contribution >= 0.6 is 11.3 Å². The maximum Gasteiger partial charge on any atom is 0.417 e. The number of oxazole rings is 1. The van der Waals surface area contributed by atoms with Gasteiger partial charge in [-0.25, -0.2) is 9.78 Å². The van der Waals surface area contributed by atoms with Gasteiger partial charge in [-0.2, -0.15) is 0 Å². The molecule has 0 radical (unpaired) electrons. The van der Waals surface area contributed by atoms with Crippen LogP contribution in [0.3, 0.4) is 0 Å². The normalized spacial score (nSPS) is 11.5. The molecular formula is C16H13N3O4S. The van der Waals surface area contributed by atoms with E-state index in [4.69, 9.17) is 9.52 Å².